The number of para-hydroxylation sites is 2. The first-order chi connectivity index (χ1) is 14.1. The summed E-state index contributed by atoms with van der Waals surface area (Å²) < 4.78 is 16.4. The number of hydrogen-bond donors (Lipinski definition) is 0. The minimum atomic E-state index is -0.480. The Hall–Kier alpha value is -3.93. The Morgan fingerprint density at radius 2 is 1.52 bits per heavy atom. The SMILES string of the molecule is COc1ccccc1OC(=O)c1ccc(-c2nnc(-c3cccc(C)c3)o2)cc1. The predicted octanol–water partition coefficient (Wildman–Crippen LogP) is 4.94. The van der Waals surface area contributed by atoms with Crippen molar-refractivity contribution < 1.29 is 18.7 Å². The molecule has 0 spiro atoms. The van der Waals surface area contributed by atoms with E-state index in [4.69, 9.17) is 13.9 Å². The zero-order chi connectivity index (χ0) is 20.2. The molecule has 0 saturated heterocycles. The molecule has 1 aromatic heterocycles. The largest absolute Gasteiger partial charge is 0.493 e. The van der Waals surface area contributed by atoms with E-state index in [2.05, 4.69) is 10.2 Å². The average molecular weight is 386 g/mol. The fraction of sp³-hybridized carbons (Fsp3) is 0.0870. The maximum absolute atomic E-state index is 12.4. The summed E-state index contributed by atoms with van der Waals surface area (Å²) in [5.41, 5.74) is 3.09. The average Bonchev–Trinajstić information content (AvgIpc) is 3.24. The third kappa shape index (κ3) is 4.01. The van der Waals surface area contributed by atoms with E-state index in [1.54, 1.807) is 48.5 Å². The monoisotopic (exact) mass is 386 g/mol. The minimum absolute atomic E-state index is 0.365. The molecule has 0 fully saturated rings. The molecule has 0 aliphatic rings. The van der Waals surface area contributed by atoms with Gasteiger partial charge in [0.2, 0.25) is 11.8 Å². The molecule has 6 heteroatoms. The lowest BCUT2D eigenvalue weighted by Crippen LogP contribution is -2.09. The molecular weight excluding hydrogens is 368 g/mol. The molecule has 0 unspecified atom stereocenters. The van der Waals surface area contributed by atoms with Crippen LogP contribution in [0, 0.1) is 6.92 Å². The second-order valence-corrected chi connectivity index (χ2v) is 6.40. The number of carbonyl (C=O) groups is 1. The van der Waals surface area contributed by atoms with E-state index in [1.165, 1.54) is 7.11 Å². The number of esters is 1. The van der Waals surface area contributed by atoms with Crippen molar-refractivity contribution in [2.75, 3.05) is 7.11 Å². The quantitative estimate of drug-likeness (QED) is 0.357. The Labute approximate surface area is 167 Å². The van der Waals surface area contributed by atoms with E-state index in [-0.39, 0.29) is 0 Å². The van der Waals surface area contributed by atoms with Crippen molar-refractivity contribution in [2.24, 2.45) is 0 Å². The first-order valence-electron chi connectivity index (χ1n) is 9.00. The summed E-state index contributed by atoms with van der Waals surface area (Å²) in [7, 11) is 1.52. The summed E-state index contributed by atoms with van der Waals surface area (Å²) in [6, 6.07) is 21.6. The van der Waals surface area contributed by atoms with Gasteiger partial charge in [0.15, 0.2) is 11.5 Å². The van der Waals surface area contributed by atoms with Gasteiger partial charge in [0.05, 0.1) is 12.7 Å². The maximum Gasteiger partial charge on any atom is 0.343 e. The third-order valence-electron chi connectivity index (χ3n) is 4.33. The van der Waals surface area contributed by atoms with Crippen LogP contribution < -0.4 is 9.47 Å². The summed E-state index contributed by atoms with van der Waals surface area (Å²) in [5, 5.41) is 8.22. The van der Waals surface area contributed by atoms with Crippen molar-refractivity contribution in [3.8, 4) is 34.4 Å². The van der Waals surface area contributed by atoms with Crippen molar-refractivity contribution in [1.82, 2.24) is 10.2 Å². The molecule has 3 aromatic carbocycles. The zero-order valence-corrected chi connectivity index (χ0v) is 16.0. The highest BCUT2D eigenvalue weighted by molar-refractivity contribution is 5.91. The van der Waals surface area contributed by atoms with Crippen LogP contribution in [-0.4, -0.2) is 23.3 Å². The number of benzene rings is 3. The van der Waals surface area contributed by atoms with E-state index < -0.39 is 5.97 Å². The van der Waals surface area contributed by atoms with Gasteiger partial charge >= 0.3 is 5.97 Å². The van der Waals surface area contributed by atoms with Gasteiger partial charge in [-0.2, -0.15) is 0 Å². The molecule has 0 amide bonds. The number of hydrogen-bond acceptors (Lipinski definition) is 6. The smallest absolute Gasteiger partial charge is 0.343 e. The van der Waals surface area contributed by atoms with Crippen molar-refractivity contribution in [2.45, 2.75) is 6.92 Å². The van der Waals surface area contributed by atoms with Crippen LogP contribution in [-0.2, 0) is 0 Å². The molecule has 0 aliphatic heterocycles. The topological polar surface area (TPSA) is 74.5 Å². The number of rotatable bonds is 5. The molecule has 4 rings (SSSR count). The van der Waals surface area contributed by atoms with Gasteiger partial charge in [-0.25, -0.2) is 4.79 Å². The number of methoxy groups -OCH3 is 1. The first kappa shape index (κ1) is 18.4. The highest BCUT2D eigenvalue weighted by Gasteiger charge is 2.14. The molecule has 0 radical (unpaired) electrons. The molecule has 0 bridgehead atoms. The van der Waals surface area contributed by atoms with Crippen LogP contribution in [0.25, 0.3) is 22.9 Å². The molecule has 1 heterocycles. The van der Waals surface area contributed by atoms with Crippen molar-refractivity contribution >= 4 is 5.97 Å². The van der Waals surface area contributed by atoms with Crippen molar-refractivity contribution in [3.63, 3.8) is 0 Å². The van der Waals surface area contributed by atoms with Gasteiger partial charge < -0.3 is 13.9 Å². The van der Waals surface area contributed by atoms with Crippen LogP contribution in [0.2, 0.25) is 0 Å². The molecule has 0 atom stereocenters. The summed E-state index contributed by atoms with van der Waals surface area (Å²) in [6.45, 7) is 2.00. The zero-order valence-electron chi connectivity index (χ0n) is 16.0. The number of aryl methyl sites for hydroxylation is 1. The van der Waals surface area contributed by atoms with E-state index >= 15 is 0 Å². The van der Waals surface area contributed by atoms with Crippen LogP contribution in [0.4, 0.5) is 0 Å². The lowest BCUT2D eigenvalue weighted by Gasteiger charge is -2.08. The fourth-order valence-corrected chi connectivity index (χ4v) is 2.85. The van der Waals surface area contributed by atoms with Gasteiger partial charge in [-0.3, -0.25) is 0 Å². The predicted molar refractivity (Wildman–Crippen MR) is 108 cm³/mol. The van der Waals surface area contributed by atoms with Crippen molar-refractivity contribution in [3.05, 3.63) is 83.9 Å². The third-order valence-corrected chi connectivity index (χ3v) is 4.33. The van der Waals surface area contributed by atoms with Crippen LogP contribution in [0.5, 0.6) is 11.5 Å². The normalized spacial score (nSPS) is 10.6. The van der Waals surface area contributed by atoms with E-state index in [0.717, 1.165) is 11.1 Å². The van der Waals surface area contributed by atoms with Crippen LogP contribution in [0.3, 0.4) is 0 Å². The molecule has 144 valence electrons. The van der Waals surface area contributed by atoms with Crippen LogP contribution in [0.1, 0.15) is 15.9 Å². The van der Waals surface area contributed by atoms with Gasteiger partial charge in [-0.05, 0) is 55.5 Å². The standard InChI is InChI=1S/C23H18N2O4/c1-15-6-5-7-18(14-15)22-25-24-21(29-22)16-10-12-17(13-11-16)23(26)28-20-9-4-3-8-19(20)27-2/h3-14H,1-2H3. The molecule has 29 heavy (non-hydrogen) atoms. The Bertz CT molecular complexity index is 1150. The highest BCUT2D eigenvalue weighted by Crippen LogP contribution is 2.28. The van der Waals surface area contributed by atoms with Gasteiger partial charge in [0.1, 0.15) is 0 Å². The van der Waals surface area contributed by atoms with E-state index in [9.17, 15) is 4.79 Å². The lowest BCUT2D eigenvalue weighted by molar-refractivity contribution is 0.0729. The van der Waals surface area contributed by atoms with E-state index in [0.29, 0.717) is 34.4 Å². The summed E-state index contributed by atoms with van der Waals surface area (Å²) >= 11 is 0. The molecule has 6 nitrogen and oxygen atoms in total. The van der Waals surface area contributed by atoms with Gasteiger partial charge in [0.25, 0.3) is 0 Å². The number of ether oxygens (including phenoxy) is 2. The number of carbonyl (C=O) groups excluding carboxylic acids is 1. The first-order valence-corrected chi connectivity index (χ1v) is 9.00. The fourth-order valence-electron chi connectivity index (χ4n) is 2.85. The Kier molecular flexibility index (Phi) is 5.07. The number of nitrogens with zero attached hydrogens (tertiary/aromatic N) is 2. The maximum atomic E-state index is 12.4. The van der Waals surface area contributed by atoms with Crippen molar-refractivity contribution in [1.29, 1.82) is 0 Å². The summed E-state index contributed by atoms with van der Waals surface area (Å²) in [6.07, 6.45) is 0. The number of aromatic nitrogens is 2. The molecule has 0 saturated carbocycles. The van der Waals surface area contributed by atoms with Crippen LogP contribution >= 0.6 is 0 Å². The second-order valence-electron chi connectivity index (χ2n) is 6.40. The van der Waals surface area contributed by atoms with Gasteiger partial charge in [-0.15, -0.1) is 10.2 Å². The lowest BCUT2D eigenvalue weighted by atomic mass is 10.1. The molecule has 4 aromatic rings. The van der Waals surface area contributed by atoms with Crippen LogP contribution in [0.15, 0.2) is 77.2 Å². The van der Waals surface area contributed by atoms with Gasteiger partial charge in [0, 0.05) is 11.1 Å². The van der Waals surface area contributed by atoms with Gasteiger partial charge in [-0.1, -0.05) is 29.8 Å². The Morgan fingerprint density at radius 3 is 2.21 bits per heavy atom. The Morgan fingerprint density at radius 1 is 0.828 bits per heavy atom. The molecule has 0 aliphatic carbocycles. The molecule has 0 N–H and O–H groups in total. The second kappa shape index (κ2) is 7.98. The molecular formula is C23H18N2O4. The summed E-state index contributed by atoms with van der Waals surface area (Å²) in [4.78, 5) is 12.4. The minimum Gasteiger partial charge on any atom is -0.493 e. The highest BCUT2D eigenvalue weighted by atomic mass is 16.6. The Balaban J connectivity index is 1.51. The summed E-state index contributed by atoms with van der Waals surface area (Å²) in [5.74, 6) is 1.21. The van der Waals surface area contributed by atoms with E-state index in [1.807, 2.05) is 31.2 Å².